The van der Waals surface area contributed by atoms with Crippen molar-refractivity contribution in [2.45, 2.75) is 31.4 Å². The van der Waals surface area contributed by atoms with Gasteiger partial charge in [-0.2, -0.15) is 19.4 Å². The number of tetrazole rings is 1. The molecular formula is C28H23N9Na2O9S2. The van der Waals surface area contributed by atoms with E-state index in [0.717, 1.165) is 28.0 Å². The topological polar surface area (TPSA) is 269 Å². The van der Waals surface area contributed by atoms with Crippen LogP contribution in [0.3, 0.4) is 0 Å². The van der Waals surface area contributed by atoms with Crippen LogP contribution in [-0.2, 0) is 35.4 Å². The molecule has 18 nitrogen and oxygen atoms in total. The van der Waals surface area contributed by atoms with Crippen molar-refractivity contribution in [3.05, 3.63) is 59.5 Å². The number of ketones is 1. The second kappa shape index (κ2) is 17.5. The van der Waals surface area contributed by atoms with E-state index in [1.165, 1.54) is 34.2 Å². The van der Waals surface area contributed by atoms with Gasteiger partial charge in [-0.05, 0) is 17.5 Å². The summed E-state index contributed by atoms with van der Waals surface area (Å²) in [5.41, 5.74) is 7.59. The summed E-state index contributed by atoms with van der Waals surface area (Å²) in [6.07, 6.45) is 0.131. The number of rotatable bonds is 10. The Morgan fingerprint density at radius 3 is 2.54 bits per heavy atom. The number of aliphatic carboxylic acids is 1. The van der Waals surface area contributed by atoms with Gasteiger partial charge in [-0.3, -0.25) is 31.7 Å². The Hall–Kier alpha value is -3.72. The van der Waals surface area contributed by atoms with Gasteiger partial charge in [0.25, 0.3) is 0 Å². The molecule has 1 amide bonds. The number of β-lactam (4-membered cyclic amide) rings is 1. The number of carbonyl (C=O) groups excluding carboxylic acids is 5. The summed E-state index contributed by atoms with van der Waals surface area (Å²) in [5, 5.41) is 52.4. The Balaban J connectivity index is 0.00000131. The van der Waals surface area contributed by atoms with Crippen LogP contribution in [0.25, 0.3) is 16.5 Å². The molecule has 0 aliphatic carbocycles. The Kier molecular flexibility index (Phi) is 14.2. The Morgan fingerprint density at radius 1 is 1.26 bits per heavy atom. The normalized spacial score (nSPS) is 17.2. The zero-order valence-corrected chi connectivity index (χ0v) is 32.3. The van der Waals surface area contributed by atoms with Gasteiger partial charge in [-0.15, -0.1) is 23.1 Å². The number of carboxylic acids is 1. The number of thioether (sulfide) groups is 1. The molecule has 2 aliphatic rings. The number of thiazole rings is 1. The van der Waals surface area contributed by atoms with Crippen LogP contribution < -0.4 is 79.6 Å². The first-order valence-electron chi connectivity index (χ1n) is 13.7. The number of nitrogens with two attached hydrogens (primary N) is 1. The molecule has 22 heteroatoms. The monoisotopic (exact) mass is 739 g/mol. The number of hydrogen-bond acceptors (Lipinski definition) is 17. The van der Waals surface area contributed by atoms with Crippen LogP contribution >= 0.6 is 23.1 Å². The van der Waals surface area contributed by atoms with E-state index in [9.17, 15) is 29.7 Å². The van der Waals surface area contributed by atoms with E-state index in [2.05, 4.69) is 37.7 Å². The van der Waals surface area contributed by atoms with Gasteiger partial charge in [-0.1, -0.05) is 5.16 Å². The maximum atomic E-state index is 13.6. The molecule has 5 heterocycles. The van der Waals surface area contributed by atoms with Gasteiger partial charge in [0.05, 0.1) is 28.8 Å². The quantitative estimate of drug-likeness (QED) is 0.0259. The van der Waals surface area contributed by atoms with Crippen LogP contribution in [0.15, 0.2) is 40.5 Å². The zero-order valence-electron chi connectivity index (χ0n) is 26.7. The van der Waals surface area contributed by atoms with Crippen molar-refractivity contribution in [1.82, 2.24) is 30.5 Å². The molecule has 0 unspecified atom stereocenters. The van der Waals surface area contributed by atoms with Gasteiger partial charge in [-0.25, -0.2) is 4.98 Å². The third kappa shape index (κ3) is 8.59. The zero-order chi connectivity index (χ0) is 34.7. The van der Waals surface area contributed by atoms with Gasteiger partial charge in [0.2, 0.25) is 5.91 Å². The number of benzene rings is 1. The first kappa shape index (κ1) is 40.7. The van der Waals surface area contributed by atoms with Crippen molar-refractivity contribution < 1.29 is 108 Å². The fourth-order valence-electron chi connectivity index (χ4n) is 5.08. The SMILES string of the molecule is O=C=O.[CH2-][C@H](O/N=C(\C(=O)C[C@@H]1C(=O)N2C(c3nnn[n-]3)=C(C[n+]3cc4cc(O)c(O)cc4cc3C)CS[C@H]12)c1csc(N)n1)C(=O)[O-].[Na+].[Na+]. The van der Waals surface area contributed by atoms with Crippen LogP contribution in [0.4, 0.5) is 5.13 Å². The second-order valence-corrected chi connectivity index (χ2v) is 12.3. The summed E-state index contributed by atoms with van der Waals surface area (Å²) in [5.74, 6) is -3.20. The van der Waals surface area contributed by atoms with E-state index in [4.69, 9.17) is 20.2 Å². The fourth-order valence-corrected chi connectivity index (χ4v) is 7.03. The molecule has 1 aromatic carbocycles. The van der Waals surface area contributed by atoms with E-state index in [0.29, 0.717) is 23.4 Å². The molecule has 0 bridgehead atoms. The number of phenolic OH excluding ortho intramolecular Hbond substituents is 2. The number of nitrogens with zero attached hydrogens (tertiary/aromatic N) is 8. The number of nitrogen functional groups attached to an aromatic ring is 1. The van der Waals surface area contributed by atoms with E-state index >= 15 is 0 Å². The van der Waals surface area contributed by atoms with Gasteiger partial charge in [0.15, 0.2) is 46.6 Å². The number of oxime groups is 1. The Morgan fingerprint density at radius 2 is 1.94 bits per heavy atom. The predicted molar refractivity (Wildman–Crippen MR) is 162 cm³/mol. The minimum absolute atomic E-state index is 0. The van der Waals surface area contributed by atoms with Gasteiger partial charge in [0, 0.05) is 47.6 Å². The molecule has 3 atom stereocenters. The van der Waals surface area contributed by atoms with Gasteiger partial charge < -0.3 is 35.8 Å². The number of amides is 1. The predicted octanol–water partition coefficient (Wildman–Crippen LogP) is -7.27. The van der Waals surface area contributed by atoms with Crippen LogP contribution in [0.5, 0.6) is 11.5 Å². The van der Waals surface area contributed by atoms with Crippen LogP contribution in [-0.4, -0.2) is 82.4 Å². The second-order valence-electron chi connectivity index (χ2n) is 10.3. The van der Waals surface area contributed by atoms with Crippen LogP contribution in [0, 0.1) is 19.8 Å². The fraction of sp³-hybridized carbons (Fsp3) is 0.250. The largest absolute Gasteiger partial charge is 1.00 e. The maximum absolute atomic E-state index is 13.6. The number of aromatic hydroxyl groups is 2. The summed E-state index contributed by atoms with van der Waals surface area (Å²) in [4.78, 5) is 64.8. The third-order valence-corrected chi connectivity index (χ3v) is 9.38. The average molecular weight is 740 g/mol. The summed E-state index contributed by atoms with van der Waals surface area (Å²) >= 11 is 2.50. The molecule has 50 heavy (non-hydrogen) atoms. The Labute approximate surface area is 334 Å². The Bertz CT molecular complexity index is 2020. The van der Waals surface area contributed by atoms with E-state index in [-0.39, 0.29) is 111 Å². The summed E-state index contributed by atoms with van der Waals surface area (Å²) in [7, 11) is 0. The molecule has 0 saturated carbocycles. The van der Waals surface area contributed by atoms with Gasteiger partial charge in [0.1, 0.15) is 5.69 Å². The van der Waals surface area contributed by atoms with Crippen molar-refractivity contribution >= 4 is 74.2 Å². The average Bonchev–Trinajstić information content (AvgIpc) is 3.73. The number of pyridine rings is 1. The molecular weight excluding hydrogens is 716 g/mol. The first-order valence-corrected chi connectivity index (χ1v) is 15.6. The number of Topliss-reactive ketones (excluding diaryl/α,β-unsaturated/α-hetero) is 1. The minimum Gasteiger partial charge on any atom is -0.549 e. The smallest absolute Gasteiger partial charge is 0.549 e. The molecule has 1 saturated heterocycles. The van der Waals surface area contributed by atoms with E-state index in [1.807, 2.05) is 23.8 Å². The van der Waals surface area contributed by atoms with Crippen molar-refractivity contribution in [3.8, 4) is 11.5 Å². The first-order chi connectivity index (χ1) is 22.9. The molecule has 3 aromatic heterocycles. The molecule has 0 spiro atoms. The number of fused-ring (bicyclic) bond motifs is 2. The molecule has 248 valence electrons. The number of hydrogen-bond donors (Lipinski definition) is 3. The van der Waals surface area contributed by atoms with Gasteiger partial charge >= 0.3 is 65.3 Å². The van der Waals surface area contributed by atoms with Crippen LogP contribution in [0.2, 0.25) is 0 Å². The summed E-state index contributed by atoms with van der Waals surface area (Å²) < 4.78 is 1.94. The third-order valence-electron chi connectivity index (χ3n) is 7.31. The summed E-state index contributed by atoms with van der Waals surface area (Å²) in [6.45, 7) is 5.49. The van der Waals surface area contributed by atoms with Crippen molar-refractivity contribution in [2.75, 3.05) is 11.5 Å². The molecule has 4 aromatic rings. The standard InChI is InChI=1S/C27H24N9O7S2.CO2.2Na/c1-11-3-13-4-18(37)19(38)5-14(13)7-35(11)8-15-9-44-25-16(24(40)36(25)22(15)23-30-33-34-31-23)6-20(39)21(17-10-45-27(28)29-17)32-43-12(2)26(41)42;2-1-3;;/h3-5,7,10,12,16,25H,2,6,8-9H2,1H3,(H5,28,29,30,31,33,34,38,41,42);;;/q-1;;2*+1/p-1/b32-21-;;;/t12-,16+,25+;;;/m0.../s1. The molecule has 1 fully saturated rings. The van der Waals surface area contributed by atoms with E-state index < -0.39 is 29.1 Å². The maximum Gasteiger partial charge on any atom is 1.00 e. The number of carbonyl (C=O) groups is 3. The molecule has 2 aliphatic heterocycles. The van der Waals surface area contributed by atoms with Crippen LogP contribution in [0.1, 0.15) is 23.6 Å². The minimum atomic E-state index is -1.68. The number of anilines is 1. The number of aromatic nitrogens is 6. The van der Waals surface area contributed by atoms with Crippen molar-refractivity contribution in [3.63, 3.8) is 0 Å². The number of phenols is 2. The summed E-state index contributed by atoms with van der Waals surface area (Å²) in [6, 6.07) is 4.82. The molecule has 6 rings (SSSR count). The molecule has 0 radical (unpaired) electrons. The van der Waals surface area contributed by atoms with Crippen molar-refractivity contribution in [1.29, 1.82) is 0 Å². The number of carboxylic acid groups (broad SMARTS) is 1. The number of aryl methyl sites for hydroxylation is 1. The molecule has 4 N–H and O–H groups in total. The van der Waals surface area contributed by atoms with Crippen molar-refractivity contribution in [2.24, 2.45) is 11.1 Å². The van der Waals surface area contributed by atoms with E-state index in [1.54, 1.807) is 0 Å².